The standard InChI is InChI=1S/C22H31N3O8S/c1-4-31-17-9-14(10-18(32-5-2)20(17)33-6-3)21(27)23-24-22(28)15-11-19(26)25(12-15)16-7-8-34(29,30)13-16/h9-10,15-16H,4-8,11-13H2,1-3H3,(H,23,27)(H,24,28)/t15-,16+/m0/s1. The summed E-state index contributed by atoms with van der Waals surface area (Å²) in [5.41, 5.74) is 4.92. The molecule has 0 unspecified atom stereocenters. The highest BCUT2D eigenvalue weighted by molar-refractivity contribution is 7.91. The summed E-state index contributed by atoms with van der Waals surface area (Å²) in [7, 11) is -3.15. The first-order valence-electron chi connectivity index (χ1n) is 11.4. The van der Waals surface area contributed by atoms with Gasteiger partial charge in [-0.2, -0.15) is 0 Å². The van der Waals surface area contributed by atoms with E-state index in [0.717, 1.165) is 0 Å². The van der Waals surface area contributed by atoms with Gasteiger partial charge in [0.15, 0.2) is 21.3 Å². The molecule has 0 aliphatic carbocycles. The predicted molar refractivity (Wildman–Crippen MR) is 122 cm³/mol. The quantitative estimate of drug-likeness (QED) is 0.475. The molecule has 0 saturated carbocycles. The fourth-order valence-electron chi connectivity index (χ4n) is 4.09. The number of ether oxygens (including phenoxy) is 3. The Hall–Kier alpha value is -3.02. The first kappa shape index (κ1) is 25.6. The molecule has 3 rings (SSSR count). The molecule has 12 heteroatoms. The van der Waals surface area contributed by atoms with Crippen LogP contribution in [0.1, 0.15) is 44.0 Å². The lowest BCUT2D eigenvalue weighted by Crippen LogP contribution is -2.45. The zero-order chi connectivity index (χ0) is 24.9. The second-order valence-corrected chi connectivity index (χ2v) is 10.3. The lowest BCUT2D eigenvalue weighted by atomic mass is 10.1. The number of hydrazine groups is 1. The normalized spacial score (nSPS) is 21.3. The van der Waals surface area contributed by atoms with Crippen molar-refractivity contribution in [2.75, 3.05) is 37.9 Å². The minimum Gasteiger partial charge on any atom is -0.490 e. The second kappa shape index (κ2) is 10.9. The molecule has 2 heterocycles. The van der Waals surface area contributed by atoms with Crippen LogP contribution in [0, 0.1) is 5.92 Å². The van der Waals surface area contributed by atoms with E-state index in [1.54, 1.807) is 13.8 Å². The number of benzene rings is 1. The van der Waals surface area contributed by atoms with Crippen molar-refractivity contribution >= 4 is 27.6 Å². The Kier molecular flexibility index (Phi) is 8.24. The molecule has 3 amide bonds. The minimum atomic E-state index is -3.15. The number of sulfone groups is 1. The van der Waals surface area contributed by atoms with Crippen molar-refractivity contribution in [2.45, 2.75) is 39.7 Å². The number of carbonyl (C=O) groups excluding carboxylic acids is 3. The highest BCUT2D eigenvalue weighted by atomic mass is 32.2. The number of rotatable bonds is 9. The zero-order valence-corrected chi connectivity index (χ0v) is 20.4. The first-order valence-corrected chi connectivity index (χ1v) is 13.2. The average molecular weight is 498 g/mol. The third-order valence-electron chi connectivity index (χ3n) is 5.65. The average Bonchev–Trinajstić information content (AvgIpc) is 3.35. The van der Waals surface area contributed by atoms with Gasteiger partial charge in [-0.25, -0.2) is 8.42 Å². The topological polar surface area (TPSA) is 140 Å². The summed E-state index contributed by atoms with van der Waals surface area (Å²) < 4.78 is 40.3. The van der Waals surface area contributed by atoms with Crippen LogP contribution in [0.2, 0.25) is 0 Å². The fraction of sp³-hybridized carbons (Fsp3) is 0.591. The van der Waals surface area contributed by atoms with Crippen LogP contribution >= 0.6 is 0 Å². The summed E-state index contributed by atoms with van der Waals surface area (Å²) in [5, 5.41) is 0. The van der Waals surface area contributed by atoms with E-state index in [4.69, 9.17) is 14.2 Å². The molecule has 11 nitrogen and oxygen atoms in total. The van der Waals surface area contributed by atoms with Crippen LogP contribution in [-0.2, 0) is 19.4 Å². The largest absolute Gasteiger partial charge is 0.490 e. The molecule has 2 atom stereocenters. The monoisotopic (exact) mass is 497 g/mol. The third kappa shape index (κ3) is 5.91. The highest BCUT2D eigenvalue weighted by Gasteiger charge is 2.42. The molecule has 2 aliphatic rings. The summed E-state index contributed by atoms with van der Waals surface area (Å²) >= 11 is 0. The van der Waals surface area contributed by atoms with Crippen LogP contribution in [0.15, 0.2) is 12.1 Å². The van der Waals surface area contributed by atoms with Crippen molar-refractivity contribution in [1.82, 2.24) is 15.8 Å². The van der Waals surface area contributed by atoms with Gasteiger partial charge in [-0.3, -0.25) is 25.2 Å². The van der Waals surface area contributed by atoms with Crippen molar-refractivity contribution in [1.29, 1.82) is 0 Å². The lowest BCUT2D eigenvalue weighted by molar-refractivity contribution is -0.130. The molecular formula is C22H31N3O8S. The summed E-state index contributed by atoms with van der Waals surface area (Å²) in [5.74, 6) is -1.02. The predicted octanol–water partition coefficient (Wildman–Crippen LogP) is 0.679. The van der Waals surface area contributed by atoms with Gasteiger partial charge in [0.1, 0.15) is 0 Å². The summed E-state index contributed by atoms with van der Waals surface area (Å²) in [6, 6.07) is 2.60. The summed E-state index contributed by atoms with van der Waals surface area (Å²) in [4.78, 5) is 39.2. The Morgan fingerprint density at radius 2 is 1.65 bits per heavy atom. The van der Waals surface area contributed by atoms with Crippen LogP contribution in [0.5, 0.6) is 17.2 Å². The Balaban J connectivity index is 1.65. The number of hydrogen-bond donors (Lipinski definition) is 2. The number of hydrogen-bond acceptors (Lipinski definition) is 8. The van der Waals surface area contributed by atoms with E-state index in [1.807, 2.05) is 6.92 Å². The van der Waals surface area contributed by atoms with E-state index in [9.17, 15) is 22.8 Å². The minimum absolute atomic E-state index is 0.0374. The number of carbonyl (C=O) groups is 3. The maximum Gasteiger partial charge on any atom is 0.269 e. The van der Waals surface area contributed by atoms with E-state index >= 15 is 0 Å². The summed E-state index contributed by atoms with van der Waals surface area (Å²) in [6.07, 6.45) is 0.339. The molecule has 0 bridgehead atoms. The molecule has 188 valence electrons. The van der Waals surface area contributed by atoms with Gasteiger partial charge in [-0.05, 0) is 39.3 Å². The van der Waals surface area contributed by atoms with E-state index in [1.165, 1.54) is 17.0 Å². The first-order chi connectivity index (χ1) is 16.2. The molecule has 0 radical (unpaired) electrons. The van der Waals surface area contributed by atoms with Crippen LogP contribution < -0.4 is 25.1 Å². The van der Waals surface area contributed by atoms with Gasteiger partial charge in [-0.15, -0.1) is 0 Å². The molecular weight excluding hydrogens is 466 g/mol. The molecule has 2 N–H and O–H groups in total. The number of likely N-dealkylation sites (tertiary alicyclic amines) is 1. The van der Waals surface area contributed by atoms with Crippen molar-refractivity contribution in [3.05, 3.63) is 17.7 Å². The molecule has 1 aromatic carbocycles. The highest BCUT2D eigenvalue weighted by Crippen LogP contribution is 2.39. The SMILES string of the molecule is CCOc1cc(C(=O)NNC(=O)[C@H]2CC(=O)N([C@@H]3CCS(=O)(=O)C3)C2)cc(OCC)c1OCC. The molecule has 2 saturated heterocycles. The van der Waals surface area contributed by atoms with Crippen molar-refractivity contribution in [3.63, 3.8) is 0 Å². The Labute approximate surface area is 199 Å². The molecule has 2 fully saturated rings. The van der Waals surface area contributed by atoms with Crippen LogP contribution in [0.4, 0.5) is 0 Å². The van der Waals surface area contributed by atoms with Gasteiger partial charge in [-0.1, -0.05) is 0 Å². The third-order valence-corrected chi connectivity index (χ3v) is 7.40. The fourth-order valence-corrected chi connectivity index (χ4v) is 5.82. The maximum atomic E-state index is 12.7. The molecule has 0 aromatic heterocycles. The Bertz CT molecular complexity index is 1020. The number of nitrogens with zero attached hydrogens (tertiary/aromatic N) is 1. The van der Waals surface area contributed by atoms with Crippen molar-refractivity contribution < 1.29 is 37.0 Å². The van der Waals surface area contributed by atoms with Gasteiger partial charge in [0.05, 0.1) is 37.2 Å². The van der Waals surface area contributed by atoms with E-state index in [0.29, 0.717) is 43.5 Å². The van der Waals surface area contributed by atoms with E-state index < -0.39 is 33.6 Å². The molecule has 0 spiro atoms. The smallest absolute Gasteiger partial charge is 0.269 e. The lowest BCUT2D eigenvalue weighted by Gasteiger charge is -2.23. The van der Waals surface area contributed by atoms with E-state index in [-0.39, 0.29) is 35.9 Å². The maximum absolute atomic E-state index is 12.7. The Morgan fingerprint density at radius 3 is 2.18 bits per heavy atom. The van der Waals surface area contributed by atoms with Crippen LogP contribution in [0.25, 0.3) is 0 Å². The van der Waals surface area contributed by atoms with E-state index in [2.05, 4.69) is 10.9 Å². The van der Waals surface area contributed by atoms with Gasteiger partial charge < -0.3 is 19.1 Å². The van der Waals surface area contributed by atoms with Crippen LogP contribution in [0.3, 0.4) is 0 Å². The van der Waals surface area contributed by atoms with Gasteiger partial charge in [0, 0.05) is 24.6 Å². The zero-order valence-electron chi connectivity index (χ0n) is 19.6. The van der Waals surface area contributed by atoms with Gasteiger partial charge in [0.2, 0.25) is 17.6 Å². The molecule has 1 aromatic rings. The van der Waals surface area contributed by atoms with Crippen LogP contribution in [-0.4, -0.2) is 75.0 Å². The van der Waals surface area contributed by atoms with Crippen molar-refractivity contribution in [3.8, 4) is 17.2 Å². The second-order valence-electron chi connectivity index (χ2n) is 8.05. The number of amides is 3. The summed E-state index contributed by atoms with van der Waals surface area (Å²) in [6.45, 7) is 6.62. The molecule has 2 aliphatic heterocycles. The van der Waals surface area contributed by atoms with Crippen molar-refractivity contribution in [2.24, 2.45) is 5.92 Å². The van der Waals surface area contributed by atoms with Gasteiger partial charge in [0.25, 0.3) is 5.91 Å². The molecule has 34 heavy (non-hydrogen) atoms. The van der Waals surface area contributed by atoms with Gasteiger partial charge >= 0.3 is 0 Å². The Morgan fingerprint density at radius 1 is 1.03 bits per heavy atom. The number of nitrogens with one attached hydrogen (secondary N) is 2.